The van der Waals surface area contributed by atoms with E-state index >= 15 is 0 Å². The van der Waals surface area contributed by atoms with E-state index in [4.69, 9.17) is 4.42 Å². The molecule has 2 aromatic heterocycles. The third-order valence-corrected chi connectivity index (χ3v) is 3.40. The predicted molar refractivity (Wildman–Crippen MR) is 80.0 cm³/mol. The number of amides is 1. The predicted octanol–water partition coefficient (Wildman–Crippen LogP) is 2.37. The summed E-state index contributed by atoms with van der Waals surface area (Å²) in [6.45, 7) is 2.59. The second-order valence-corrected chi connectivity index (χ2v) is 5.07. The van der Waals surface area contributed by atoms with E-state index in [1.807, 2.05) is 25.1 Å². The van der Waals surface area contributed by atoms with Crippen molar-refractivity contribution in [3.63, 3.8) is 0 Å². The molecule has 5 nitrogen and oxygen atoms in total. The Labute approximate surface area is 122 Å². The number of H-pyrrole nitrogens is 1. The number of carbonyl (C=O) groups is 1. The molecular formula is C16H17N3O2. The van der Waals surface area contributed by atoms with Crippen molar-refractivity contribution in [3.8, 4) is 0 Å². The van der Waals surface area contributed by atoms with Crippen molar-refractivity contribution in [2.24, 2.45) is 0 Å². The molecule has 0 bridgehead atoms. The summed E-state index contributed by atoms with van der Waals surface area (Å²) < 4.78 is 5.50. The Morgan fingerprint density at radius 2 is 2.33 bits per heavy atom. The van der Waals surface area contributed by atoms with Crippen molar-refractivity contribution in [1.29, 1.82) is 0 Å². The van der Waals surface area contributed by atoms with Crippen molar-refractivity contribution in [2.75, 3.05) is 6.54 Å². The van der Waals surface area contributed by atoms with Crippen LogP contribution in [0.25, 0.3) is 11.0 Å². The Kier molecular flexibility index (Phi) is 3.73. The first-order valence-electron chi connectivity index (χ1n) is 6.94. The molecule has 0 atom stereocenters. The van der Waals surface area contributed by atoms with Gasteiger partial charge in [0, 0.05) is 36.3 Å². The summed E-state index contributed by atoms with van der Waals surface area (Å²) in [6.07, 6.45) is 6.17. The molecule has 0 saturated heterocycles. The lowest BCUT2D eigenvalue weighted by molar-refractivity contribution is -0.120. The number of carbonyl (C=O) groups excluding carboxylic acids is 1. The van der Waals surface area contributed by atoms with Crippen molar-refractivity contribution >= 4 is 16.9 Å². The van der Waals surface area contributed by atoms with Gasteiger partial charge in [-0.3, -0.25) is 4.79 Å². The molecule has 0 saturated carbocycles. The number of furan rings is 1. The SMILES string of the molecule is Cc1ccc2c(CC(=O)NCCc3ncc[nH]3)coc2c1. The van der Waals surface area contributed by atoms with E-state index < -0.39 is 0 Å². The summed E-state index contributed by atoms with van der Waals surface area (Å²) in [5.74, 6) is 0.865. The van der Waals surface area contributed by atoms with Gasteiger partial charge in [-0.05, 0) is 18.6 Å². The Morgan fingerprint density at radius 1 is 1.43 bits per heavy atom. The standard InChI is InChI=1S/C16H17N3O2/c1-11-2-3-13-12(10-21-14(13)8-11)9-16(20)19-5-4-15-17-6-7-18-15/h2-3,6-8,10H,4-5,9H2,1H3,(H,17,18)(H,19,20). The van der Waals surface area contributed by atoms with Crippen molar-refractivity contribution in [1.82, 2.24) is 15.3 Å². The maximum absolute atomic E-state index is 12.0. The van der Waals surface area contributed by atoms with E-state index in [1.54, 1.807) is 18.7 Å². The molecule has 0 unspecified atom stereocenters. The van der Waals surface area contributed by atoms with Gasteiger partial charge in [0.25, 0.3) is 0 Å². The molecule has 1 aromatic carbocycles. The van der Waals surface area contributed by atoms with Crippen LogP contribution in [0.1, 0.15) is 17.0 Å². The highest BCUT2D eigenvalue weighted by Crippen LogP contribution is 2.22. The van der Waals surface area contributed by atoms with Crippen LogP contribution in [0.5, 0.6) is 0 Å². The topological polar surface area (TPSA) is 70.9 Å². The van der Waals surface area contributed by atoms with E-state index in [9.17, 15) is 4.79 Å². The van der Waals surface area contributed by atoms with Crippen LogP contribution in [0.2, 0.25) is 0 Å². The molecule has 3 aromatic rings. The molecule has 108 valence electrons. The normalized spacial score (nSPS) is 10.9. The van der Waals surface area contributed by atoms with Crippen molar-refractivity contribution in [3.05, 3.63) is 53.8 Å². The Hall–Kier alpha value is -2.56. The van der Waals surface area contributed by atoms with Gasteiger partial charge < -0.3 is 14.7 Å². The summed E-state index contributed by atoms with van der Waals surface area (Å²) in [7, 11) is 0. The van der Waals surface area contributed by atoms with Crippen LogP contribution in [0.4, 0.5) is 0 Å². The molecule has 0 radical (unpaired) electrons. The molecule has 21 heavy (non-hydrogen) atoms. The quantitative estimate of drug-likeness (QED) is 0.755. The molecule has 1 amide bonds. The first-order valence-corrected chi connectivity index (χ1v) is 6.94. The van der Waals surface area contributed by atoms with Crippen LogP contribution in [-0.4, -0.2) is 22.4 Å². The summed E-state index contributed by atoms with van der Waals surface area (Å²) in [5, 5.41) is 3.90. The van der Waals surface area contributed by atoms with Crippen molar-refractivity contribution < 1.29 is 9.21 Å². The van der Waals surface area contributed by atoms with Crippen LogP contribution < -0.4 is 5.32 Å². The van der Waals surface area contributed by atoms with Gasteiger partial charge in [0.15, 0.2) is 0 Å². The van der Waals surface area contributed by atoms with Gasteiger partial charge in [-0.25, -0.2) is 4.98 Å². The molecule has 3 rings (SSSR count). The number of fused-ring (bicyclic) bond motifs is 1. The van der Waals surface area contributed by atoms with Gasteiger partial charge in [-0.2, -0.15) is 0 Å². The third kappa shape index (κ3) is 3.13. The molecular weight excluding hydrogens is 266 g/mol. The maximum atomic E-state index is 12.0. The lowest BCUT2D eigenvalue weighted by atomic mass is 10.1. The number of aryl methyl sites for hydroxylation is 1. The van der Waals surface area contributed by atoms with Gasteiger partial charge in [-0.1, -0.05) is 12.1 Å². The highest BCUT2D eigenvalue weighted by molar-refractivity contribution is 5.87. The molecule has 2 heterocycles. The first-order chi connectivity index (χ1) is 10.2. The minimum absolute atomic E-state index is 0.00942. The number of hydrogen-bond donors (Lipinski definition) is 2. The smallest absolute Gasteiger partial charge is 0.224 e. The Balaban J connectivity index is 1.58. The average molecular weight is 283 g/mol. The van der Waals surface area contributed by atoms with E-state index in [2.05, 4.69) is 15.3 Å². The number of aromatic nitrogens is 2. The molecule has 0 aliphatic heterocycles. The number of imidazole rings is 1. The highest BCUT2D eigenvalue weighted by atomic mass is 16.3. The summed E-state index contributed by atoms with van der Waals surface area (Å²) in [5.41, 5.74) is 2.89. The number of aromatic amines is 1. The lowest BCUT2D eigenvalue weighted by Crippen LogP contribution is -2.27. The zero-order chi connectivity index (χ0) is 14.7. The van der Waals surface area contributed by atoms with E-state index in [0.29, 0.717) is 19.4 Å². The molecule has 0 fully saturated rings. The number of nitrogens with one attached hydrogen (secondary N) is 2. The van der Waals surface area contributed by atoms with Gasteiger partial charge >= 0.3 is 0 Å². The second kappa shape index (κ2) is 5.83. The Bertz CT molecular complexity index is 744. The largest absolute Gasteiger partial charge is 0.464 e. The minimum Gasteiger partial charge on any atom is -0.464 e. The van der Waals surface area contributed by atoms with Crippen LogP contribution in [0.15, 0.2) is 41.3 Å². The summed E-state index contributed by atoms with van der Waals surface area (Å²) in [4.78, 5) is 19.1. The number of hydrogen-bond acceptors (Lipinski definition) is 3. The zero-order valence-corrected chi connectivity index (χ0v) is 11.8. The van der Waals surface area contributed by atoms with Crippen molar-refractivity contribution in [2.45, 2.75) is 19.8 Å². The van der Waals surface area contributed by atoms with Gasteiger partial charge in [-0.15, -0.1) is 0 Å². The molecule has 0 aliphatic rings. The Morgan fingerprint density at radius 3 is 3.14 bits per heavy atom. The van der Waals surface area contributed by atoms with Gasteiger partial charge in [0.05, 0.1) is 12.7 Å². The lowest BCUT2D eigenvalue weighted by Gasteiger charge is -2.03. The van der Waals surface area contributed by atoms with Gasteiger partial charge in [0.1, 0.15) is 11.4 Å². The number of rotatable bonds is 5. The molecule has 2 N–H and O–H groups in total. The highest BCUT2D eigenvalue weighted by Gasteiger charge is 2.10. The average Bonchev–Trinajstić information content (AvgIpc) is 3.09. The fourth-order valence-electron chi connectivity index (χ4n) is 2.32. The number of benzene rings is 1. The van der Waals surface area contributed by atoms with E-state index in [1.165, 1.54) is 0 Å². The second-order valence-electron chi connectivity index (χ2n) is 5.07. The molecule has 0 aliphatic carbocycles. The third-order valence-electron chi connectivity index (χ3n) is 3.40. The van der Waals surface area contributed by atoms with Gasteiger partial charge in [0.2, 0.25) is 5.91 Å². The fraction of sp³-hybridized carbons (Fsp3) is 0.250. The zero-order valence-electron chi connectivity index (χ0n) is 11.8. The van der Waals surface area contributed by atoms with Crippen LogP contribution in [0, 0.1) is 6.92 Å². The van der Waals surface area contributed by atoms with Crippen LogP contribution in [0.3, 0.4) is 0 Å². The van der Waals surface area contributed by atoms with Crippen LogP contribution in [-0.2, 0) is 17.6 Å². The molecule has 0 spiro atoms. The maximum Gasteiger partial charge on any atom is 0.224 e. The molecule has 5 heteroatoms. The minimum atomic E-state index is -0.00942. The summed E-state index contributed by atoms with van der Waals surface area (Å²) >= 11 is 0. The first kappa shape index (κ1) is 13.4. The van der Waals surface area contributed by atoms with E-state index in [0.717, 1.165) is 27.9 Å². The number of nitrogens with zero attached hydrogens (tertiary/aromatic N) is 1. The van der Waals surface area contributed by atoms with Crippen LogP contribution >= 0.6 is 0 Å². The summed E-state index contributed by atoms with van der Waals surface area (Å²) in [6, 6.07) is 6.00. The van der Waals surface area contributed by atoms with E-state index in [-0.39, 0.29) is 5.91 Å². The fourth-order valence-corrected chi connectivity index (χ4v) is 2.32. The monoisotopic (exact) mass is 283 g/mol.